The number of hydrogen-bond donors (Lipinski definition) is 0. The van der Waals surface area contributed by atoms with Gasteiger partial charge < -0.3 is 0 Å². The molecule has 3 aromatic rings. The van der Waals surface area contributed by atoms with Gasteiger partial charge in [-0.05, 0) is 43.5 Å². The first kappa shape index (κ1) is 20.5. The smallest absolute Gasteiger partial charge is 0.268 e. The number of hydrogen-bond acceptors (Lipinski definition) is 4. The Kier molecular flexibility index (Phi) is 5.02. The fourth-order valence-electron chi connectivity index (χ4n) is 5.45. The number of piperidine rings is 1. The quantitative estimate of drug-likeness (QED) is 0.599. The summed E-state index contributed by atoms with van der Waals surface area (Å²) in [6, 6.07) is 14.8. The van der Waals surface area contributed by atoms with Crippen molar-refractivity contribution >= 4 is 26.7 Å². The molecule has 0 saturated carbocycles. The molecule has 5 rings (SSSR count). The average molecular weight is 437 g/mol. The Morgan fingerprint density at radius 2 is 1.77 bits per heavy atom. The molecule has 2 aliphatic rings. The van der Waals surface area contributed by atoms with Crippen molar-refractivity contribution in [3.05, 3.63) is 65.4 Å². The Hall–Kier alpha value is -2.44. The Balaban J connectivity index is 1.76. The van der Waals surface area contributed by atoms with Gasteiger partial charge in [0, 0.05) is 30.8 Å². The van der Waals surface area contributed by atoms with Crippen molar-refractivity contribution in [1.29, 1.82) is 0 Å². The number of ketones is 1. The van der Waals surface area contributed by atoms with E-state index in [0.29, 0.717) is 18.4 Å². The summed E-state index contributed by atoms with van der Waals surface area (Å²) >= 11 is 0. The van der Waals surface area contributed by atoms with Crippen LogP contribution in [0.4, 0.5) is 0 Å². The second kappa shape index (κ2) is 7.61. The number of fused-ring (bicyclic) bond motifs is 5. The number of nitrogens with zero attached hydrogens (tertiary/aromatic N) is 2. The van der Waals surface area contributed by atoms with Crippen molar-refractivity contribution in [3.63, 3.8) is 0 Å². The highest BCUT2D eigenvalue weighted by molar-refractivity contribution is 7.90. The molecule has 3 heterocycles. The Bertz CT molecular complexity index is 1260. The zero-order valence-corrected chi connectivity index (χ0v) is 18.9. The third kappa shape index (κ3) is 3.24. The highest BCUT2D eigenvalue weighted by Gasteiger charge is 2.42. The van der Waals surface area contributed by atoms with Gasteiger partial charge in [0.2, 0.25) is 0 Å². The maximum atomic E-state index is 13.9. The predicted octanol–water partition coefficient (Wildman–Crippen LogP) is 4.62. The highest BCUT2D eigenvalue weighted by Crippen LogP contribution is 2.44. The molecule has 0 spiro atoms. The molecule has 0 N–H and O–H groups in total. The lowest BCUT2D eigenvalue weighted by atomic mass is 9.85. The molecule has 2 aromatic carbocycles. The van der Waals surface area contributed by atoms with E-state index in [1.165, 1.54) is 0 Å². The second-order valence-corrected chi connectivity index (χ2v) is 10.6. The van der Waals surface area contributed by atoms with E-state index in [1.54, 1.807) is 16.1 Å². The maximum Gasteiger partial charge on any atom is 0.268 e. The number of carbonyl (C=O) groups excluding carboxylic acids is 1. The fraction of sp³-hybridized carbons (Fsp3) is 0.400. The van der Waals surface area contributed by atoms with Gasteiger partial charge in [0.05, 0.1) is 22.1 Å². The van der Waals surface area contributed by atoms with Crippen LogP contribution < -0.4 is 0 Å². The largest absolute Gasteiger partial charge is 0.300 e. The molecule has 31 heavy (non-hydrogen) atoms. The number of aromatic nitrogens is 1. The summed E-state index contributed by atoms with van der Waals surface area (Å²) in [5.74, 6) is 0.233. The molecule has 2 atom stereocenters. The molecule has 1 aromatic heterocycles. The van der Waals surface area contributed by atoms with Crippen LogP contribution in [0.1, 0.15) is 55.5 Å². The molecular weight excluding hydrogens is 408 g/mol. The topological polar surface area (TPSA) is 59.4 Å². The molecule has 0 radical (unpaired) electrons. The number of rotatable bonds is 4. The van der Waals surface area contributed by atoms with Crippen molar-refractivity contribution in [1.82, 2.24) is 8.87 Å². The van der Waals surface area contributed by atoms with E-state index in [-0.39, 0.29) is 22.8 Å². The minimum Gasteiger partial charge on any atom is -0.300 e. The van der Waals surface area contributed by atoms with Crippen LogP contribution in [0.3, 0.4) is 0 Å². The summed E-state index contributed by atoms with van der Waals surface area (Å²) in [4.78, 5) is 15.4. The highest BCUT2D eigenvalue weighted by atomic mass is 32.2. The Morgan fingerprint density at radius 3 is 2.52 bits per heavy atom. The Labute approximate surface area is 183 Å². The third-order valence-electron chi connectivity index (χ3n) is 6.85. The van der Waals surface area contributed by atoms with Crippen LogP contribution >= 0.6 is 0 Å². The standard InChI is InChI=1S/C25H28N2O3S/c1-3-6-18-15-19(28)16-24-25-22(13-14-26(18)24)21-7-4-5-8-23(21)27(25)31(29,30)20-11-9-17(2)10-12-20/h4-5,7-12,18,24H,3,6,13-16H2,1-2H3/t18-,24+/m1/s1. The first-order chi connectivity index (χ1) is 14.9. The number of para-hydroxylation sites is 1. The summed E-state index contributed by atoms with van der Waals surface area (Å²) in [6.45, 7) is 4.96. The van der Waals surface area contributed by atoms with Crippen LogP contribution in [0.5, 0.6) is 0 Å². The van der Waals surface area contributed by atoms with E-state index >= 15 is 0 Å². The van der Waals surface area contributed by atoms with Crippen molar-refractivity contribution in [2.24, 2.45) is 0 Å². The molecule has 0 bridgehead atoms. The minimum absolute atomic E-state index is 0.186. The third-order valence-corrected chi connectivity index (χ3v) is 8.59. The first-order valence-corrected chi connectivity index (χ1v) is 12.6. The molecule has 162 valence electrons. The van der Waals surface area contributed by atoms with Crippen LogP contribution in [0.25, 0.3) is 10.9 Å². The van der Waals surface area contributed by atoms with E-state index in [9.17, 15) is 13.2 Å². The molecule has 0 aliphatic carbocycles. The lowest BCUT2D eigenvalue weighted by Crippen LogP contribution is -2.48. The van der Waals surface area contributed by atoms with Crippen molar-refractivity contribution in [2.45, 2.75) is 62.9 Å². The van der Waals surface area contributed by atoms with Gasteiger partial charge in [-0.3, -0.25) is 9.69 Å². The molecule has 5 nitrogen and oxygen atoms in total. The zero-order valence-electron chi connectivity index (χ0n) is 18.0. The van der Waals surface area contributed by atoms with E-state index in [0.717, 1.165) is 48.0 Å². The molecule has 1 fully saturated rings. The van der Waals surface area contributed by atoms with Crippen molar-refractivity contribution in [2.75, 3.05) is 6.54 Å². The van der Waals surface area contributed by atoms with Gasteiger partial charge in [-0.2, -0.15) is 0 Å². The van der Waals surface area contributed by atoms with Crippen LogP contribution in [-0.2, 0) is 21.2 Å². The van der Waals surface area contributed by atoms with Gasteiger partial charge >= 0.3 is 0 Å². The molecule has 2 aliphatic heterocycles. The molecule has 6 heteroatoms. The number of aryl methyl sites for hydroxylation is 1. The van der Waals surface area contributed by atoms with Gasteiger partial charge in [-0.15, -0.1) is 0 Å². The van der Waals surface area contributed by atoms with Crippen LogP contribution in [0.2, 0.25) is 0 Å². The summed E-state index contributed by atoms with van der Waals surface area (Å²) in [5.41, 5.74) is 3.60. The SMILES string of the molecule is CCC[C@@H]1CC(=O)C[C@H]2c3c(c4ccccc4n3S(=O)(=O)c3ccc(C)cc3)CCN12. The lowest BCUT2D eigenvalue weighted by molar-refractivity contribution is -0.126. The van der Waals surface area contributed by atoms with Crippen LogP contribution in [-0.4, -0.2) is 35.7 Å². The fourth-order valence-corrected chi connectivity index (χ4v) is 7.05. The molecular formula is C25H28N2O3S. The molecule has 0 amide bonds. The van der Waals surface area contributed by atoms with E-state index < -0.39 is 10.0 Å². The van der Waals surface area contributed by atoms with E-state index in [2.05, 4.69) is 11.8 Å². The second-order valence-electron chi connectivity index (χ2n) is 8.86. The summed E-state index contributed by atoms with van der Waals surface area (Å²) in [5, 5.41) is 0.984. The minimum atomic E-state index is -3.80. The lowest BCUT2D eigenvalue weighted by Gasteiger charge is -2.44. The van der Waals surface area contributed by atoms with E-state index in [1.807, 2.05) is 43.3 Å². The molecule has 0 unspecified atom stereocenters. The van der Waals surface area contributed by atoms with Crippen molar-refractivity contribution in [3.8, 4) is 0 Å². The van der Waals surface area contributed by atoms with Crippen LogP contribution in [0, 0.1) is 6.92 Å². The summed E-state index contributed by atoms with van der Waals surface area (Å²) in [7, 11) is -3.80. The first-order valence-electron chi connectivity index (χ1n) is 11.1. The van der Waals surface area contributed by atoms with Crippen molar-refractivity contribution < 1.29 is 13.2 Å². The van der Waals surface area contributed by atoms with Gasteiger partial charge in [-0.25, -0.2) is 12.4 Å². The molecule has 1 saturated heterocycles. The monoisotopic (exact) mass is 436 g/mol. The normalized spacial score (nSPS) is 21.8. The van der Waals surface area contributed by atoms with Crippen LogP contribution in [0.15, 0.2) is 53.4 Å². The Morgan fingerprint density at radius 1 is 1.03 bits per heavy atom. The average Bonchev–Trinajstić information content (AvgIpc) is 3.10. The predicted molar refractivity (Wildman–Crippen MR) is 122 cm³/mol. The van der Waals surface area contributed by atoms with Gasteiger partial charge in [0.1, 0.15) is 5.78 Å². The zero-order chi connectivity index (χ0) is 21.8. The summed E-state index contributed by atoms with van der Waals surface area (Å²) in [6.07, 6.45) is 3.73. The number of Topliss-reactive ketones (excluding diaryl/α,β-unsaturated/α-hetero) is 1. The number of benzene rings is 2. The van der Waals surface area contributed by atoms with E-state index in [4.69, 9.17) is 0 Å². The van der Waals surface area contributed by atoms with Gasteiger partial charge in [0.15, 0.2) is 0 Å². The summed E-state index contributed by atoms with van der Waals surface area (Å²) < 4.78 is 29.4. The van der Waals surface area contributed by atoms with Gasteiger partial charge in [0.25, 0.3) is 10.0 Å². The van der Waals surface area contributed by atoms with Gasteiger partial charge in [-0.1, -0.05) is 49.2 Å². The maximum absolute atomic E-state index is 13.9. The number of carbonyl (C=O) groups is 1.